The molecule has 3 rings (SSSR count). The Kier molecular flexibility index (Phi) is 4.25. The monoisotopic (exact) mass is 285 g/mol. The molecule has 0 unspecified atom stereocenters. The van der Waals surface area contributed by atoms with E-state index in [9.17, 15) is 0 Å². The first-order valence-electron chi connectivity index (χ1n) is 7.70. The van der Waals surface area contributed by atoms with Gasteiger partial charge in [-0.3, -0.25) is 0 Å². The topological polar surface area (TPSA) is 51.4 Å². The molecule has 1 saturated heterocycles. The molecule has 1 aromatic carbocycles. The second kappa shape index (κ2) is 6.31. The summed E-state index contributed by atoms with van der Waals surface area (Å²) in [6, 6.07) is 8.19. The molecular formula is C17H23N3O. The number of piperidine rings is 1. The van der Waals surface area contributed by atoms with Crippen molar-refractivity contribution in [2.75, 3.05) is 31.6 Å². The smallest absolute Gasteiger partial charge is 0.136 e. The molecule has 0 amide bonds. The summed E-state index contributed by atoms with van der Waals surface area (Å²) in [7, 11) is 1.72. The average molecular weight is 285 g/mol. The molecule has 4 nitrogen and oxygen atoms in total. The van der Waals surface area contributed by atoms with Crippen molar-refractivity contribution in [3.63, 3.8) is 0 Å². The Bertz CT molecular complexity index is 606. The number of hydrogen-bond acceptors (Lipinski definition) is 4. The van der Waals surface area contributed by atoms with E-state index in [1.54, 1.807) is 7.11 Å². The van der Waals surface area contributed by atoms with Crippen molar-refractivity contribution in [2.45, 2.75) is 19.3 Å². The molecule has 0 saturated carbocycles. The standard InChI is InChI=1S/C17H23N3O/c1-21-16-4-2-3-15-14(16)6-10-19-17(15)20-11-7-13(5-9-18)8-12-20/h2-4,6,10,13H,5,7-9,11-12,18H2,1H3. The van der Waals surface area contributed by atoms with Gasteiger partial charge in [0, 0.05) is 30.1 Å². The number of methoxy groups -OCH3 is 1. The molecule has 112 valence electrons. The van der Waals surface area contributed by atoms with E-state index in [4.69, 9.17) is 10.5 Å². The van der Waals surface area contributed by atoms with Crippen molar-refractivity contribution < 1.29 is 4.74 Å². The zero-order valence-corrected chi connectivity index (χ0v) is 12.6. The summed E-state index contributed by atoms with van der Waals surface area (Å²) < 4.78 is 5.46. The Morgan fingerprint density at radius 1 is 1.24 bits per heavy atom. The Labute approximate surface area is 125 Å². The van der Waals surface area contributed by atoms with Gasteiger partial charge in [-0.2, -0.15) is 0 Å². The highest BCUT2D eigenvalue weighted by Crippen LogP contribution is 2.33. The number of fused-ring (bicyclic) bond motifs is 1. The van der Waals surface area contributed by atoms with E-state index in [1.807, 2.05) is 24.4 Å². The van der Waals surface area contributed by atoms with Crippen LogP contribution in [0.25, 0.3) is 10.8 Å². The van der Waals surface area contributed by atoms with E-state index in [1.165, 1.54) is 18.2 Å². The van der Waals surface area contributed by atoms with Crippen LogP contribution in [0.5, 0.6) is 5.75 Å². The van der Waals surface area contributed by atoms with Gasteiger partial charge < -0.3 is 15.4 Å². The first-order valence-corrected chi connectivity index (χ1v) is 7.70. The molecule has 0 bridgehead atoms. The van der Waals surface area contributed by atoms with Gasteiger partial charge in [-0.15, -0.1) is 0 Å². The zero-order valence-electron chi connectivity index (χ0n) is 12.6. The molecule has 21 heavy (non-hydrogen) atoms. The van der Waals surface area contributed by atoms with Gasteiger partial charge in [-0.05, 0) is 43.9 Å². The molecule has 2 aromatic rings. The third-order valence-corrected chi connectivity index (χ3v) is 4.45. The summed E-state index contributed by atoms with van der Waals surface area (Å²) in [5.74, 6) is 2.77. The summed E-state index contributed by atoms with van der Waals surface area (Å²) in [5.41, 5.74) is 5.67. The lowest BCUT2D eigenvalue weighted by Gasteiger charge is -2.33. The second-order valence-electron chi connectivity index (χ2n) is 5.70. The Hall–Kier alpha value is -1.81. The SMILES string of the molecule is COc1cccc2c(N3CCC(CCN)CC3)nccc12. The van der Waals surface area contributed by atoms with Gasteiger partial charge in [0.15, 0.2) is 0 Å². The second-order valence-corrected chi connectivity index (χ2v) is 5.70. The van der Waals surface area contributed by atoms with Gasteiger partial charge in [-0.1, -0.05) is 12.1 Å². The Balaban J connectivity index is 1.88. The first kappa shape index (κ1) is 14.1. The van der Waals surface area contributed by atoms with E-state index in [-0.39, 0.29) is 0 Å². The number of anilines is 1. The molecule has 0 atom stereocenters. The fourth-order valence-corrected chi connectivity index (χ4v) is 3.26. The lowest BCUT2D eigenvalue weighted by Crippen LogP contribution is -2.34. The minimum Gasteiger partial charge on any atom is -0.496 e. The molecule has 1 aliphatic rings. The number of nitrogens with zero attached hydrogens (tertiary/aromatic N) is 2. The van der Waals surface area contributed by atoms with Crippen molar-refractivity contribution >= 4 is 16.6 Å². The highest BCUT2D eigenvalue weighted by molar-refractivity contribution is 5.96. The molecule has 0 aliphatic carbocycles. The molecular weight excluding hydrogens is 262 g/mol. The summed E-state index contributed by atoms with van der Waals surface area (Å²) in [6.07, 6.45) is 5.44. The number of benzene rings is 1. The van der Waals surface area contributed by atoms with Crippen LogP contribution in [0.15, 0.2) is 30.5 Å². The minimum atomic E-state index is 0.774. The Morgan fingerprint density at radius 2 is 2.05 bits per heavy atom. The van der Waals surface area contributed by atoms with E-state index in [0.717, 1.165) is 48.9 Å². The van der Waals surface area contributed by atoms with Crippen molar-refractivity contribution in [1.82, 2.24) is 4.98 Å². The molecule has 2 heterocycles. The van der Waals surface area contributed by atoms with Gasteiger partial charge in [0.25, 0.3) is 0 Å². The third kappa shape index (κ3) is 2.81. The number of ether oxygens (including phenoxy) is 1. The highest BCUT2D eigenvalue weighted by atomic mass is 16.5. The summed E-state index contributed by atoms with van der Waals surface area (Å²) in [4.78, 5) is 7.02. The van der Waals surface area contributed by atoms with E-state index in [2.05, 4.69) is 16.0 Å². The molecule has 0 spiro atoms. The highest BCUT2D eigenvalue weighted by Gasteiger charge is 2.21. The van der Waals surface area contributed by atoms with E-state index < -0.39 is 0 Å². The van der Waals surface area contributed by atoms with Crippen molar-refractivity contribution in [2.24, 2.45) is 11.7 Å². The van der Waals surface area contributed by atoms with Crippen LogP contribution in [0.3, 0.4) is 0 Å². The zero-order chi connectivity index (χ0) is 14.7. The molecule has 0 radical (unpaired) electrons. The quantitative estimate of drug-likeness (QED) is 0.938. The summed E-state index contributed by atoms with van der Waals surface area (Å²) >= 11 is 0. The van der Waals surface area contributed by atoms with Gasteiger partial charge >= 0.3 is 0 Å². The third-order valence-electron chi connectivity index (χ3n) is 4.45. The van der Waals surface area contributed by atoms with Crippen molar-refractivity contribution in [1.29, 1.82) is 0 Å². The summed E-state index contributed by atoms with van der Waals surface area (Å²) in [5, 5.41) is 2.31. The number of aromatic nitrogens is 1. The van der Waals surface area contributed by atoms with Crippen LogP contribution in [0.1, 0.15) is 19.3 Å². The predicted molar refractivity (Wildman–Crippen MR) is 86.9 cm³/mol. The number of rotatable bonds is 4. The van der Waals surface area contributed by atoms with Gasteiger partial charge in [-0.25, -0.2) is 4.98 Å². The molecule has 4 heteroatoms. The van der Waals surface area contributed by atoms with E-state index >= 15 is 0 Å². The lowest BCUT2D eigenvalue weighted by molar-refractivity contribution is 0.385. The van der Waals surface area contributed by atoms with Crippen LogP contribution in [0, 0.1) is 5.92 Å². The average Bonchev–Trinajstić information content (AvgIpc) is 2.55. The van der Waals surface area contributed by atoms with Crippen LogP contribution in [-0.4, -0.2) is 31.7 Å². The maximum absolute atomic E-state index is 5.67. The maximum atomic E-state index is 5.67. The summed E-state index contributed by atoms with van der Waals surface area (Å²) in [6.45, 7) is 2.93. The predicted octanol–water partition coefficient (Wildman–Crippen LogP) is 2.81. The number of hydrogen-bond donors (Lipinski definition) is 1. The maximum Gasteiger partial charge on any atom is 0.136 e. The largest absolute Gasteiger partial charge is 0.496 e. The van der Waals surface area contributed by atoms with Crippen LogP contribution in [-0.2, 0) is 0 Å². The van der Waals surface area contributed by atoms with E-state index in [0.29, 0.717) is 0 Å². The lowest BCUT2D eigenvalue weighted by atomic mass is 9.93. The normalized spacial score (nSPS) is 16.4. The molecule has 1 aromatic heterocycles. The van der Waals surface area contributed by atoms with Crippen LogP contribution in [0.4, 0.5) is 5.82 Å². The fraction of sp³-hybridized carbons (Fsp3) is 0.471. The van der Waals surface area contributed by atoms with Crippen LogP contribution >= 0.6 is 0 Å². The molecule has 1 aliphatic heterocycles. The fourth-order valence-electron chi connectivity index (χ4n) is 3.26. The number of nitrogens with two attached hydrogens (primary N) is 1. The first-order chi connectivity index (χ1) is 10.3. The van der Waals surface area contributed by atoms with Crippen molar-refractivity contribution in [3.05, 3.63) is 30.5 Å². The van der Waals surface area contributed by atoms with Crippen LogP contribution in [0.2, 0.25) is 0 Å². The number of pyridine rings is 1. The molecule has 2 N–H and O–H groups in total. The van der Waals surface area contributed by atoms with Gasteiger partial charge in [0.1, 0.15) is 11.6 Å². The Morgan fingerprint density at radius 3 is 2.76 bits per heavy atom. The molecule has 1 fully saturated rings. The van der Waals surface area contributed by atoms with Crippen LogP contribution < -0.4 is 15.4 Å². The van der Waals surface area contributed by atoms with Gasteiger partial charge in [0.05, 0.1) is 7.11 Å². The van der Waals surface area contributed by atoms with Gasteiger partial charge in [0.2, 0.25) is 0 Å². The minimum absolute atomic E-state index is 0.774. The van der Waals surface area contributed by atoms with Crippen molar-refractivity contribution in [3.8, 4) is 5.75 Å².